The van der Waals surface area contributed by atoms with E-state index in [1.54, 1.807) is 10.5 Å². The molecule has 1 aliphatic rings. The van der Waals surface area contributed by atoms with Crippen LogP contribution in [0.15, 0.2) is 29.1 Å². The first-order chi connectivity index (χ1) is 12.0. The van der Waals surface area contributed by atoms with Gasteiger partial charge in [-0.2, -0.15) is 10.2 Å². The van der Waals surface area contributed by atoms with Crippen molar-refractivity contribution in [2.45, 2.75) is 26.2 Å². The van der Waals surface area contributed by atoms with Crippen molar-refractivity contribution in [3.8, 4) is 17.7 Å². The number of halogens is 1. The molecule has 0 spiro atoms. The molecule has 7 heteroatoms. The van der Waals surface area contributed by atoms with Gasteiger partial charge in [-0.15, -0.1) is 11.3 Å². The molecule has 0 radical (unpaired) electrons. The van der Waals surface area contributed by atoms with Crippen molar-refractivity contribution < 1.29 is 9.13 Å². The Morgan fingerprint density at radius 3 is 2.92 bits per heavy atom. The molecule has 4 rings (SSSR count). The lowest BCUT2D eigenvalue weighted by Gasteiger charge is -2.07. The van der Waals surface area contributed by atoms with Gasteiger partial charge in [-0.25, -0.2) is 4.39 Å². The highest BCUT2D eigenvalue weighted by atomic mass is 32.1. The summed E-state index contributed by atoms with van der Waals surface area (Å²) in [5, 5.41) is 8.89. The van der Waals surface area contributed by atoms with Gasteiger partial charge in [0.05, 0.1) is 11.6 Å². The molecule has 25 heavy (non-hydrogen) atoms. The molecule has 2 unspecified atom stereocenters. The Balaban J connectivity index is 1.78. The second-order valence-corrected chi connectivity index (χ2v) is 7.43. The van der Waals surface area contributed by atoms with E-state index in [9.17, 15) is 9.18 Å². The molecule has 2 atom stereocenters. The standard InChI is InChI=1S/C18H14FN3O2S/c1-9-6-12(9)17-10(2)25-18-21-14(7-15(23)22(17)18)24-13-5-3-4-11(8-20)16(13)19/h3-5,7,9,12H,6H2,1-2H3. The second kappa shape index (κ2) is 5.67. The third-order valence-electron chi connectivity index (χ3n) is 4.47. The Bertz CT molecular complexity index is 1100. The third-order valence-corrected chi connectivity index (χ3v) is 5.44. The molecule has 0 amide bonds. The molecule has 1 aromatic carbocycles. The first-order valence-electron chi connectivity index (χ1n) is 7.89. The molecular weight excluding hydrogens is 341 g/mol. The second-order valence-electron chi connectivity index (χ2n) is 6.25. The number of nitriles is 1. The maximum atomic E-state index is 14.1. The molecular formula is C18H14FN3O2S. The first-order valence-corrected chi connectivity index (χ1v) is 8.70. The maximum absolute atomic E-state index is 14.1. The zero-order valence-electron chi connectivity index (χ0n) is 13.6. The molecule has 0 N–H and O–H groups in total. The van der Waals surface area contributed by atoms with Gasteiger partial charge >= 0.3 is 0 Å². The highest BCUT2D eigenvalue weighted by molar-refractivity contribution is 7.17. The third kappa shape index (κ3) is 2.59. The van der Waals surface area contributed by atoms with Gasteiger partial charge in [-0.1, -0.05) is 13.0 Å². The quantitative estimate of drug-likeness (QED) is 0.712. The van der Waals surface area contributed by atoms with Crippen LogP contribution in [0.2, 0.25) is 0 Å². The van der Waals surface area contributed by atoms with Crippen LogP contribution in [-0.2, 0) is 0 Å². The minimum Gasteiger partial charge on any atom is -0.436 e. The van der Waals surface area contributed by atoms with Gasteiger partial charge in [0.1, 0.15) is 6.07 Å². The van der Waals surface area contributed by atoms with E-state index in [1.165, 1.54) is 35.6 Å². The summed E-state index contributed by atoms with van der Waals surface area (Å²) in [6.45, 7) is 4.14. The number of aromatic nitrogens is 2. The van der Waals surface area contributed by atoms with Crippen LogP contribution in [0.4, 0.5) is 4.39 Å². The van der Waals surface area contributed by atoms with Gasteiger partial charge in [0.2, 0.25) is 5.88 Å². The van der Waals surface area contributed by atoms with Crippen molar-refractivity contribution in [2.75, 3.05) is 0 Å². The molecule has 0 aliphatic heterocycles. The van der Waals surface area contributed by atoms with E-state index in [4.69, 9.17) is 10.00 Å². The van der Waals surface area contributed by atoms with Gasteiger partial charge in [0, 0.05) is 16.5 Å². The van der Waals surface area contributed by atoms with Crippen molar-refractivity contribution in [1.29, 1.82) is 5.26 Å². The highest BCUT2D eigenvalue weighted by Gasteiger charge is 2.38. The van der Waals surface area contributed by atoms with E-state index < -0.39 is 5.82 Å². The van der Waals surface area contributed by atoms with Crippen molar-refractivity contribution in [2.24, 2.45) is 5.92 Å². The van der Waals surface area contributed by atoms with Gasteiger partial charge in [-0.05, 0) is 31.4 Å². The molecule has 126 valence electrons. The zero-order valence-corrected chi connectivity index (χ0v) is 14.4. The fraction of sp³-hybridized carbons (Fsp3) is 0.278. The summed E-state index contributed by atoms with van der Waals surface area (Å²) in [4.78, 5) is 18.5. The monoisotopic (exact) mass is 355 g/mol. The van der Waals surface area contributed by atoms with Crippen LogP contribution in [0.5, 0.6) is 11.6 Å². The molecule has 0 saturated heterocycles. The highest BCUT2D eigenvalue weighted by Crippen LogP contribution is 2.49. The van der Waals surface area contributed by atoms with Crippen molar-refractivity contribution in [3.63, 3.8) is 0 Å². The van der Waals surface area contributed by atoms with E-state index in [1.807, 2.05) is 6.92 Å². The number of fused-ring (bicyclic) bond motifs is 1. The number of thiazole rings is 1. The molecule has 1 fully saturated rings. The lowest BCUT2D eigenvalue weighted by Crippen LogP contribution is -2.15. The van der Waals surface area contributed by atoms with Gasteiger partial charge in [-0.3, -0.25) is 9.20 Å². The Kier molecular flexibility index (Phi) is 3.58. The average Bonchev–Trinajstić information content (AvgIpc) is 3.18. The fourth-order valence-electron chi connectivity index (χ4n) is 3.05. The molecule has 1 saturated carbocycles. The molecule has 3 aromatic rings. The Morgan fingerprint density at radius 2 is 2.24 bits per heavy atom. The summed E-state index contributed by atoms with van der Waals surface area (Å²) in [6.07, 6.45) is 1.07. The van der Waals surface area contributed by atoms with E-state index in [0.29, 0.717) is 16.8 Å². The van der Waals surface area contributed by atoms with E-state index in [2.05, 4.69) is 11.9 Å². The number of hydrogen-bond donors (Lipinski definition) is 0. The molecule has 0 bridgehead atoms. The average molecular weight is 355 g/mol. The number of aryl methyl sites for hydroxylation is 1. The van der Waals surface area contributed by atoms with Crippen molar-refractivity contribution >= 4 is 16.3 Å². The number of rotatable bonds is 3. The number of nitrogens with zero attached hydrogens (tertiary/aromatic N) is 3. The predicted molar refractivity (Wildman–Crippen MR) is 91.8 cm³/mol. The van der Waals surface area contributed by atoms with E-state index in [0.717, 1.165) is 17.0 Å². The van der Waals surface area contributed by atoms with Crippen LogP contribution in [0.25, 0.3) is 4.96 Å². The van der Waals surface area contributed by atoms with E-state index >= 15 is 0 Å². The van der Waals surface area contributed by atoms with Gasteiger partial charge in [0.15, 0.2) is 16.5 Å². The smallest absolute Gasteiger partial charge is 0.262 e. The summed E-state index contributed by atoms with van der Waals surface area (Å²) in [5.74, 6) is 0.101. The van der Waals surface area contributed by atoms with Crippen LogP contribution in [0.1, 0.15) is 35.4 Å². The first kappa shape index (κ1) is 15.8. The number of benzene rings is 1. The van der Waals surface area contributed by atoms with Crippen molar-refractivity contribution in [3.05, 3.63) is 56.6 Å². The largest absolute Gasteiger partial charge is 0.436 e. The minimum atomic E-state index is -0.762. The van der Waals surface area contributed by atoms with Crippen LogP contribution < -0.4 is 10.3 Å². The molecule has 5 nitrogen and oxygen atoms in total. The summed E-state index contributed by atoms with van der Waals surface area (Å²) in [7, 11) is 0. The topological polar surface area (TPSA) is 67.4 Å². The molecule has 1 aliphatic carbocycles. The maximum Gasteiger partial charge on any atom is 0.262 e. The fourth-order valence-corrected chi connectivity index (χ4v) is 4.09. The van der Waals surface area contributed by atoms with Crippen LogP contribution in [-0.4, -0.2) is 9.38 Å². The van der Waals surface area contributed by atoms with E-state index in [-0.39, 0.29) is 22.8 Å². The molecule has 2 aromatic heterocycles. The van der Waals surface area contributed by atoms with Crippen LogP contribution >= 0.6 is 11.3 Å². The minimum absolute atomic E-state index is 0.0237. The Morgan fingerprint density at radius 1 is 1.48 bits per heavy atom. The summed E-state index contributed by atoms with van der Waals surface area (Å²) in [6, 6.07) is 7.29. The normalized spacial score (nSPS) is 19.0. The SMILES string of the molecule is Cc1sc2nc(Oc3cccc(C#N)c3F)cc(=O)n2c1C1CC1C. The zero-order chi connectivity index (χ0) is 17.7. The van der Waals surface area contributed by atoms with Gasteiger partial charge < -0.3 is 4.74 Å². The van der Waals surface area contributed by atoms with Crippen molar-refractivity contribution in [1.82, 2.24) is 9.38 Å². The summed E-state index contributed by atoms with van der Waals surface area (Å²) < 4.78 is 21.2. The summed E-state index contributed by atoms with van der Waals surface area (Å²) in [5.41, 5.74) is 0.664. The Hall–Kier alpha value is -2.72. The van der Waals surface area contributed by atoms with Crippen LogP contribution in [0, 0.1) is 30.0 Å². The number of ether oxygens (including phenoxy) is 1. The van der Waals surface area contributed by atoms with Crippen LogP contribution in [0.3, 0.4) is 0 Å². The molecule has 2 heterocycles. The summed E-state index contributed by atoms with van der Waals surface area (Å²) >= 11 is 1.43. The lowest BCUT2D eigenvalue weighted by molar-refractivity contribution is 0.426. The predicted octanol–water partition coefficient (Wildman–Crippen LogP) is 3.99. The Labute approximate surface area is 146 Å². The number of hydrogen-bond acceptors (Lipinski definition) is 5. The van der Waals surface area contributed by atoms with Gasteiger partial charge in [0.25, 0.3) is 5.56 Å². The lowest BCUT2D eigenvalue weighted by atomic mass is 10.2.